The Morgan fingerprint density at radius 2 is 1.73 bits per heavy atom. The zero-order chi connectivity index (χ0) is 11.7. The molecule has 0 aromatic heterocycles. The lowest BCUT2D eigenvalue weighted by Gasteiger charge is -2.16. The van der Waals surface area contributed by atoms with Crippen LogP contribution in [0.3, 0.4) is 0 Å². The first-order valence-electron chi connectivity index (χ1n) is 4.54. The van der Waals surface area contributed by atoms with Gasteiger partial charge in [-0.05, 0) is 20.8 Å². The van der Waals surface area contributed by atoms with E-state index < -0.39 is 11.0 Å². The van der Waals surface area contributed by atoms with Crippen LogP contribution in [0.1, 0.15) is 27.2 Å². The Hall–Kier alpha value is -1.99. The maximum Gasteiger partial charge on any atom is 0.168 e. The van der Waals surface area contributed by atoms with Crippen molar-refractivity contribution in [3.8, 4) is 18.2 Å². The van der Waals surface area contributed by atoms with Crippen LogP contribution >= 0.6 is 0 Å². The van der Waals surface area contributed by atoms with Crippen LogP contribution in [0.2, 0.25) is 0 Å². The number of nitrogens with zero attached hydrogens (tertiary/aromatic N) is 3. The fraction of sp³-hybridized carbons (Fsp3) is 0.545. The molecular weight excluding hydrogens is 190 g/mol. The van der Waals surface area contributed by atoms with E-state index in [1.807, 2.05) is 13.8 Å². The van der Waals surface area contributed by atoms with Crippen LogP contribution in [0.15, 0.2) is 11.3 Å². The number of ether oxygens (including phenoxy) is 1. The quantitative estimate of drug-likeness (QED) is 0.561. The second kappa shape index (κ2) is 3.30. The van der Waals surface area contributed by atoms with Gasteiger partial charge in [0, 0.05) is 6.42 Å². The fourth-order valence-corrected chi connectivity index (χ4v) is 1.90. The molecular formula is C11H11N3O. The van der Waals surface area contributed by atoms with Crippen LogP contribution in [0.5, 0.6) is 0 Å². The Morgan fingerprint density at radius 1 is 1.20 bits per heavy atom. The molecule has 1 heterocycles. The minimum atomic E-state index is -0.871. The smallest absolute Gasteiger partial charge is 0.168 e. The van der Waals surface area contributed by atoms with E-state index in [-0.39, 0.29) is 11.3 Å². The third kappa shape index (κ3) is 1.78. The highest BCUT2D eigenvalue weighted by Gasteiger charge is 2.48. The molecule has 1 unspecified atom stereocenters. The minimum Gasteiger partial charge on any atom is -0.488 e. The first kappa shape index (κ1) is 11.1. The lowest BCUT2D eigenvalue weighted by molar-refractivity contribution is 0.0759. The molecule has 0 aliphatic carbocycles. The molecule has 0 radical (unpaired) electrons. The van der Waals surface area contributed by atoms with E-state index in [4.69, 9.17) is 20.5 Å². The first-order chi connectivity index (χ1) is 6.88. The van der Waals surface area contributed by atoms with Crippen LogP contribution in [-0.4, -0.2) is 5.60 Å². The summed E-state index contributed by atoms with van der Waals surface area (Å²) in [6.45, 7) is 5.36. The van der Waals surface area contributed by atoms with Gasteiger partial charge in [0.25, 0.3) is 0 Å². The van der Waals surface area contributed by atoms with Crippen LogP contribution < -0.4 is 0 Å². The highest BCUT2D eigenvalue weighted by molar-refractivity contribution is 5.44. The molecule has 0 bridgehead atoms. The third-order valence-corrected chi connectivity index (χ3v) is 2.36. The van der Waals surface area contributed by atoms with Gasteiger partial charge < -0.3 is 4.74 Å². The van der Waals surface area contributed by atoms with Gasteiger partial charge in [-0.25, -0.2) is 0 Å². The van der Waals surface area contributed by atoms with Crippen LogP contribution in [-0.2, 0) is 4.74 Å². The Bertz CT molecular complexity index is 426. The zero-order valence-electron chi connectivity index (χ0n) is 8.96. The average molecular weight is 201 g/mol. The van der Waals surface area contributed by atoms with Crippen LogP contribution in [0, 0.1) is 39.4 Å². The first-order valence-corrected chi connectivity index (χ1v) is 4.54. The Kier molecular flexibility index (Phi) is 2.44. The fourth-order valence-electron chi connectivity index (χ4n) is 1.90. The van der Waals surface area contributed by atoms with Crippen molar-refractivity contribution in [1.82, 2.24) is 0 Å². The molecule has 0 aromatic rings. The molecule has 0 saturated carbocycles. The van der Waals surface area contributed by atoms with Gasteiger partial charge in [-0.2, -0.15) is 15.8 Å². The van der Waals surface area contributed by atoms with Gasteiger partial charge >= 0.3 is 0 Å². The van der Waals surface area contributed by atoms with E-state index in [1.54, 1.807) is 19.1 Å². The van der Waals surface area contributed by atoms with Crippen molar-refractivity contribution in [2.24, 2.45) is 5.41 Å². The molecule has 1 rings (SSSR count). The summed E-state index contributed by atoms with van der Waals surface area (Å²) >= 11 is 0. The summed E-state index contributed by atoms with van der Waals surface area (Å²) in [4.78, 5) is 0. The summed E-state index contributed by atoms with van der Waals surface area (Å²) in [5, 5.41) is 26.6. The van der Waals surface area contributed by atoms with E-state index in [1.165, 1.54) is 0 Å². The molecule has 1 aliphatic heterocycles. The molecule has 1 saturated heterocycles. The average Bonchev–Trinajstić information content (AvgIpc) is 2.40. The maximum absolute atomic E-state index is 9.08. The van der Waals surface area contributed by atoms with Crippen molar-refractivity contribution < 1.29 is 4.74 Å². The maximum atomic E-state index is 9.08. The van der Waals surface area contributed by atoms with Crippen molar-refractivity contribution in [2.75, 3.05) is 0 Å². The van der Waals surface area contributed by atoms with E-state index >= 15 is 0 Å². The van der Waals surface area contributed by atoms with Gasteiger partial charge in [0.2, 0.25) is 0 Å². The number of rotatable bonds is 0. The third-order valence-electron chi connectivity index (χ3n) is 2.36. The number of hydrogen-bond acceptors (Lipinski definition) is 4. The van der Waals surface area contributed by atoms with Gasteiger partial charge in [-0.3, -0.25) is 0 Å². The zero-order valence-corrected chi connectivity index (χ0v) is 8.96. The second-order valence-corrected chi connectivity index (χ2v) is 4.41. The van der Waals surface area contributed by atoms with E-state index in [0.717, 1.165) is 0 Å². The molecule has 4 nitrogen and oxygen atoms in total. The van der Waals surface area contributed by atoms with Gasteiger partial charge in [0.05, 0.1) is 6.07 Å². The standard InChI is InChI=1S/C11H11N3O/c1-10(2)6-11(3,7-14)9(15-10)8(4-12)5-13/h6H2,1-3H3. The normalized spacial score (nSPS) is 27.1. The molecule has 0 aromatic carbocycles. The van der Waals surface area contributed by atoms with E-state index in [0.29, 0.717) is 6.42 Å². The molecule has 4 heteroatoms. The number of nitriles is 3. The Balaban J connectivity index is 3.35. The van der Waals surface area contributed by atoms with E-state index in [2.05, 4.69) is 6.07 Å². The molecule has 1 atom stereocenters. The highest BCUT2D eigenvalue weighted by atomic mass is 16.5. The molecule has 0 amide bonds. The van der Waals surface area contributed by atoms with Crippen LogP contribution in [0.4, 0.5) is 0 Å². The monoisotopic (exact) mass is 201 g/mol. The van der Waals surface area contributed by atoms with Gasteiger partial charge in [0.15, 0.2) is 5.57 Å². The van der Waals surface area contributed by atoms with Crippen molar-refractivity contribution in [2.45, 2.75) is 32.8 Å². The minimum absolute atomic E-state index is 0.107. The molecule has 1 fully saturated rings. The largest absolute Gasteiger partial charge is 0.488 e. The van der Waals surface area contributed by atoms with Crippen molar-refractivity contribution >= 4 is 0 Å². The molecule has 15 heavy (non-hydrogen) atoms. The summed E-state index contributed by atoms with van der Waals surface area (Å²) in [5.74, 6) is 0.208. The highest BCUT2D eigenvalue weighted by Crippen LogP contribution is 2.47. The van der Waals surface area contributed by atoms with Crippen LogP contribution in [0.25, 0.3) is 0 Å². The summed E-state index contributed by atoms with van der Waals surface area (Å²) in [6.07, 6.45) is 0.485. The van der Waals surface area contributed by atoms with E-state index in [9.17, 15) is 0 Å². The molecule has 0 spiro atoms. The summed E-state index contributed by atoms with van der Waals surface area (Å²) < 4.78 is 5.51. The topological polar surface area (TPSA) is 80.6 Å². The Labute approximate surface area is 89.0 Å². The second-order valence-electron chi connectivity index (χ2n) is 4.41. The number of hydrogen-bond donors (Lipinski definition) is 0. The predicted molar refractivity (Wildman–Crippen MR) is 51.8 cm³/mol. The van der Waals surface area contributed by atoms with Crippen molar-refractivity contribution in [3.05, 3.63) is 11.3 Å². The summed E-state index contributed by atoms with van der Waals surface area (Å²) in [5.41, 5.74) is -1.48. The SMILES string of the molecule is CC1(C)CC(C)(C#N)C(=C(C#N)C#N)O1. The predicted octanol–water partition coefficient (Wildman–Crippen LogP) is 2.02. The van der Waals surface area contributed by atoms with Gasteiger partial charge in [-0.1, -0.05) is 0 Å². The lowest BCUT2D eigenvalue weighted by Crippen LogP contribution is -2.19. The lowest BCUT2D eigenvalue weighted by atomic mass is 9.82. The van der Waals surface area contributed by atoms with Gasteiger partial charge in [-0.15, -0.1) is 0 Å². The Morgan fingerprint density at radius 3 is 2.13 bits per heavy atom. The van der Waals surface area contributed by atoms with Crippen molar-refractivity contribution in [3.63, 3.8) is 0 Å². The molecule has 76 valence electrons. The van der Waals surface area contributed by atoms with Gasteiger partial charge in [0.1, 0.15) is 28.9 Å². The molecule has 1 aliphatic rings. The molecule has 0 N–H and O–H groups in total. The summed E-state index contributed by atoms with van der Waals surface area (Å²) in [7, 11) is 0. The number of allylic oxidation sites excluding steroid dienone is 2. The van der Waals surface area contributed by atoms with Crippen molar-refractivity contribution in [1.29, 1.82) is 15.8 Å². The summed E-state index contributed by atoms with van der Waals surface area (Å²) in [6, 6.07) is 5.64.